The Hall–Kier alpha value is -3.07. The Bertz CT molecular complexity index is 1540. The van der Waals surface area contributed by atoms with Gasteiger partial charge in [-0.1, -0.05) is 0 Å². The number of rotatable bonds is 6. The first kappa shape index (κ1) is 25.6. The van der Waals surface area contributed by atoms with Crippen molar-refractivity contribution in [3.63, 3.8) is 0 Å². The van der Waals surface area contributed by atoms with Crippen molar-refractivity contribution in [3.8, 4) is 5.75 Å². The Morgan fingerprint density at radius 2 is 1.89 bits per heavy atom. The minimum absolute atomic E-state index is 0.320. The first-order valence-electron chi connectivity index (χ1n) is 11.9. The molecule has 5 rings (SSSR count). The highest BCUT2D eigenvalue weighted by Crippen LogP contribution is 2.41. The summed E-state index contributed by atoms with van der Waals surface area (Å²) in [6.07, 6.45) is 5.88. The quantitative estimate of drug-likeness (QED) is 0.286. The third kappa shape index (κ3) is 5.06. The fourth-order valence-electron chi connectivity index (χ4n) is 4.67. The minimum atomic E-state index is -2.71. The third-order valence-corrected chi connectivity index (χ3v) is 8.81. The Balaban J connectivity index is 1.51. The zero-order valence-corrected chi connectivity index (χ0v) is 23.9. The average molecular weight is 582 g/mol. The van der Waals surface area contributed by atoms with Gasteiger partial charge in [0.05, 0.1) is 33.8 Å². The SMILES string of the molecule is COc1cc2c(cc1Nc1ncc(Br)c(Nc3ccc4nccnc4c3P(C)(C)=O)n1)CCN(C)C2C. The van der Waals surface area contributed by atoms with Crippen LogP contribution < -0.4 is 20.7 Å². The number of nitrogens with zero attached hydrogens (tertiary/aromatic N) is 5. The predicted octanol–water partition coefficient (Wildman–Crippen LogP) is 5.48. The molecule has 1 unspecified atom stereocenters. The molecule has 1 aliphatic heterocycles. The van der Waals surface area contributed by atoms with Crippen molar-refractivity contribution < 1.29 is 9.30 Å². The van der Waals surface area contributed by atoms with Crippen molar-refractivity contribution in [3.05, 3.63) is 58.5 Å². The molecule has 0 saturated heterocycles. The number of ether oxygens (including phenoxy) is 1. The van der Waals surface area contributed by atoms with E-state index in [0.717, 1.165) is 24.4 Å². The number of likely N-dealkylation sites (N-methyl/N-ethyl adjacent to an activating group) is 1. The van der Waals surface area contributed by atoms with Crippen LogP contribution in [0.25, 0.3) is 11.0 Å². The van der Waals surface area contributed by atoms with Crippen molar-refractivity contribution in [2.24, 2.45) is 0 Å². The Morgan fingerprint density at radius 3 is 2.65 bits per heavy atom. The highest BCUT2D eigenvalue weighted by Gasteiger charge is 2.24. The highest BCUT2D eigenvalue weighted by atomic mass is 79.9. The van der Waals surface area contributed by atoms with E-state index in [0.29, 0.717) is 44.3 Å². The van der Waals surface area contributed by atoms with Gasteiger partial charge >= 0.3 is 0 Å². The second-order valence-electron chi connectivity index (χ2n) is 9.53. The molecule has 3 heterocycles. The molecule has 11 heteroatoms. The number of hydrogen-bond donors (Lipinski definition) is 2. The molecule has 1 aliphatic rings. The second-order valence-corrected chi connectivity index (χ2v) is 13.5. The number of benzene rings is 2. The zero-order chi connectivity index (χ0) is 26.3. The van der Waals surface area contributed by atoms with Crippen molar-refractivity contribution in [1.82, 2.24) is 24.8 Å². The summed E-state index contributed by atoms with van der Waals surface area (Å²) in [6, 6.07) is 8.26. The van der Waals surface area contributed by atoms with Crippen LogP contribution in [-0.2, 0) is 11.0 Å². The summed E-state index contributed by atoms with van der Waals surface area (Å²) in [4.78, 5) is 20.3. The van der Waals surface area contributed by atoms with Gasteiger partial charge in [0.1, 0.15) is 24.2 Å². The summed E-state index contributed by atoms with van der Waals surface area (Å²) in [7, 11) is 1.09. The molecule has 37 heavy (non-hydrogen) atoms. The van der Waals surface area contributed by atoms with Crippen molar-refractivity contribution in [1.29, 1.82) is 0 Å². The molecule has 0 aliphatic carbocycles. The monoisotopic (exact) mass is 581 g/mol. The molecule has 1 atom stereocenters. The molecule has 0 spiro atoms. The largest absolute Gasteiger partial charge is 0.495 e. The maximum atomic E-state index is 13.3. The number of anilines is 4. The standard InChI is InChI=1S/C26H29BrN7O2P/c1-15-17-13-22(36-3)21(12-16(17)8-11-34(15)2)32-26-30-14-18(27)25(33-26)31-20-7-6-19-23(29-10-9-28-19)24(20)37(4,5)35/h6-7,9-10,12-15H,8,11H2,1-5H3,(H2,30,31,32,33). The van der Waals surface area contributed by atoms with Crippen LogP contribution in [0.2, 0.25) is 0 Å². The first-order valence-corrected chi connectivity index (χ1v) is 15.3. The summed E-state index contributed by atoms with van der Waals surface area (Å²) in [6.45, 7) is 6.66. The highest BCUT2D eigenvalue weighted by molar-refractivity contribution is 9.10. The van der Waals surface area contributed by atoms with Crippen LogP contribution in [0.5, 0.6) is 5.75 Å². The van der Waals surface area contributed by atoms with Gasteiger partial charge in [0, 0.05) is 31.2 Å². The van der Waals surface area contributed by atoms with Crippen LogP contribution in [0.3, 0.4) is 0 Å². The maximum absolute atomic E-state index is 13.3. The van der Waals surface area contributed by atoms with Crippen LogP contribution in [0.1, 0.15) is 24.1 Å². The molecule has 0 fully saturated rings. The van der Waals surface area contributed by atoms with Gasteiger partial charge in [-0.05, 0) is 85.0 Å². The Labute approximate surface area is 224 Å². The molecular weight excluding hydrogens is 553 g/mol. The fourth-order valence-corrected chi connectivity index (χ4v) is 6.35. The van der Waals surface area contributed by atoms with Crippen LogP contribution in [0.4, 0.5) is 23.1 Å². The van der Waals surface area contributed by atoms with E-state index < -0.39 is 7.14 Å². The van der Waals surface area contributed by atoms with E-state index in [2.05, 4.69) is 72.5 Å². The number of halogens is 1. The molecule has 4 aromatic rings. The van der Waals surface area contributed by atoms with Crippen LogP contribution in [-0.4, -0.2) is 58.9 Å². The number of fused-ring (bicyclic) bond motifs is 2. The molecule has 9 nitrogen and oxygen atoms in total. The number of aromatic nitrogens is 4. The smallest absolute Gasteiger partial charge is 0.229 e. The summed E-state index contributed by atoms with van der Waals surface area (Å²) in [5.41, 5.74) is 5.33. The van der Waals surface area contributed by atoms with Crippen LogP contribution >= 0.6 is 23.1 Å². The lowest BCUT2D eigenvalue weighted by Crippen LogP contribution is -2.30. The number of nitrogens with one attached hydrogen (secondary N) is 2. The van der Waals surface area contributed by atoms with E-state index in [1.165, 1.54) is 11.1 Å². The van der Waals surface area contributed by atoms with E-state index in [1.807, 2.05) is 12.1 Å². The minimum Gasteiger partial charge on any atom is -0.495 e. The third-order valence-electron chi connectivity index (χ3n) is 6.70. The van der Waals surface area contributed by atoms with E-state index in [9.17, 15) is 4.57 Å². The molecule has 2 aromatic heterocycles. The first-order chi connectivity index (χ1) is 17.7. The van der Waals surface area contributed by atoms with Crippen molar-refractivity contribution in [2.75, 3.05) is 44.7 Å². The normalized spacial score (nSPS) is 15.9. The van der Waals surface area contributed by atoms with Gasteiger partial charge in [-0.3, -0.25) is 14.9 Å². The Kier molecular flexibility index (Phi) is 6.91. The average Bonchev–Trinajstić information content (AvgIpc) is 2.87. The van der Waals surface area contributed by atoms with Gasteiger partial charge in [-0.25, -0.2) is 4.98 Å². The van der Waals surface area contributed by atoms with Crippen molar-refractivity contribution in [2.45, 2.75) is 19.4 Å². The molecular formula is C26H29BrN7O2P. The fraction of sp³-hybridized carbons (Fsp3) is 0.308. The lowest BCUT2D eigenvalue weighted by molar-refractivity contribution is 0.247. The zero-order valence-electron chi connectivity index (χ0n) is 21.4. The van der Waals surface area contributed by atoms with Crippen molar-refractivity contribution >= 4 is 62.6 Å². The topological polar surface area (TPSA) is 105 Å². The molecule has 2 N–H and O–H groups in total. The lowest BCUT2D eigenvalue weighted by atomic mass is 9.93. The molecule has 0 amide bonds. The van der Waals surface area contributed by atoms with Gasteiger partial charge in [0.15, 0.2) is 0 Å². The van der Waals surface area contributed by atoms with Gasteiger partial charge in [-0.2, -0.15) is 4.98 Å². The van der Waals surface area contributed by atoms with Gasteiger partial charge < -0.3 is 19.9 Å². The maximum Gasteiger partial charge on any atom is 0.229 e. The second kappa shape index (κ2) is 10.0. The molecule has 0 radical (unpaired) electrons. The number of hydrogen-bond acceptors (Lipinski definition) is 9. The Morgan fingerprint density at radius 1 is 1.11 bits per heavy atom. The van der Waals surface area contributed by atoms with Gasteiger partial charge in [-0.15, -0.1) is 0 Å². The van der Waals surface area contributed by atoms with E-state index in [1.54, 1.807) is 39.0 Å². The predicted molar refractivity (Wildman–Crippen MR) is 153 cm³/mol. The summed E-state index contributed by atoms with van der Waals surface area (Å²) < 4.78 is 19.7. The van der Waals surface area contributed by atoms with Gasteiger partial charge in [0.2, 0.25) is 5.95 Å². The number of methoxy groups -OCH3 is 1. The summed E-state index contributed by atoms with van der Waals surface area (Å²) >= 11 is 3.55. The van der Waals surface area contributed by atoms with E-state index in [4.69, 9.17) is 9.72 Å². The van der Waals surface area contributed by atoms with Gasteiger partial charge in [0.25, 0.3) is 0 Å². The van der Waals surface area contributed by atoms with Crippen LogP contribution in [0, 0.1) is 0 Å². The summed E-state index contributed by atoms with van der Waals surface area (Å²) in [5.74, 6) is 1.67. The van der Waals surface area contributed by atoms with Crippen LogP contribution in [0.15, 0.2) is 47.3 Å². The molecule has 0 saturated carbocycles. The molecule has 0 bridgehead atoms. The molecule has 192 valence electrons. The summed E-state index contributed by atoms with van der Waals surface area (Å²) in [5, 5.41) is 7.30. The van der Waals surface area contributed by atoms with E-state index >= 15 is 0 Å². The lowest BCUT2D eigenvalue weighted by Gasteiger charge is -2.32. The van der Waals surface area contributed by atoms with E-state index in [-0.39, 0.29) is 0 Å². The molecule has 2 aromatic carbocycles.